The van der Waals surface area contributed by atoms with Crippen molar-refractivity contribution >= 4 is 27.5 Å². The van der Waals surface area contributed by atoms with E-state index >= 15 is 0 Å². The third-order valence-corrected chi connectivity index (χ3v) is 7.01. The second kappa shape index (κ2) is 8.84. The summed E-state index contributed by atoms with van der Waals surface area (Å²) in [6.07, 6.45) is 5.44. The standard InChI is InChI=1S/C25H25N3O3S/c1-15-26-22(14-31-15)17-8-6-16(7-9-17)12-18-13-21(27-20-10-11-32-24(18)20)25(30)28-19-4-2-3-5-23(19)29/h6-11,13-14,19,23,29H,2-5,12H2,1H3,(H,28,30)/t19-,23-/m1/s1. The van der Waals surface area contributed by atoms with Gasteiger partial charge in [0, 0.05) is 12.5 Å². The predicted molar refractivity (Wildman–Crippen MR) is 125 cm³/mol. The van der Waals surface area contributed by atoms with Crippen molar-refractivity contribution in [3.05, 3.63) is 70.8 Å². The van der Waals surface area contributed by atoms with Crippen LogP contribution in [0.25, 0.3) is 21.5 Å². The van der Waals surface area contributed by atoms with E-state index in [1.54, 1.807) is 17.6 Å². The van der Waals surface area contributed by atoms with E-state index in [1.807, 2.05) is 36.6 Å². The molecule has 3 aromatic heterocycles. The molecule has 32 heavy (non-hydrogen) atoms. The van der Waals surface area contributed by atoms with Crippen LogP contribution in [0.4, 0.5) is 0 Å². The van der Waals surface area contributed by atoms with Crippen molar-refractivity contribution in [2.45, 2.75) is 51.2 Å². The van der Waals surface area contributed by atoms with Crippen molar-refractivity contribution in [1.82, 2.24) is 15.3 Å². The molecule has 1 fully saturated rings. The van der Waals surface area contributed by atoms with Crippen LogP contribution in [0.5, 0.6) is 0 Å². The number of rotatable bonds is 5. The molecule has 2 N–H and O–H groups in total. The number of aliphatic hydroxyl groups is 1. The molecule has 1 amide bonds. The number of nitrogens with one attached hydrogen (secondary N) is 1. The largest absolute Gasteiger partial charge is 0.449 e. The van der Waals surface area contributed by atoms with Gasteiger partial charge in [-0.3, -0.25) is 4.79 Å². The highest BCUT2D eigenvalue weighted by Gasteiger charge is 2.25. The molecule has 5 rings (SSSR count). The van der Waals surface area contributed by atoms with Gasteiger partial charge in [0.25, 0.3) is 5.91 Å². The van der Waals surface area contributed by atoms with Gasteiger partial charge in [-0.25, -0.2) is 9.97 Å². The van der Waals surface area contributed by atoms with Gasteiger partial charge in [-0.2, -0.15) is 0 Å². The Morgan fingerprint density at radius 2 is 2.00 bits per heavy atom. The maximum absolute atomic E-state index is 12.9. The Hall–Kier alpha value is -3.03. The second-order valence-electron chi connectivity index (χ2n) is 8.36. The van der Waals surface area contributed by atoms with Crippen molar-refractivity contribution < 1.29 is 14.3 Å². The zero-order chi connectivity index (χ0) is 22.1. The number of hydrogen-bond donors (Lipinski definition) is 2. The van der Waals surface area contributed by atoms with Gasteiger partial charge in [0.05, 0.1) is 22.4 Å². The fourth-order valence-electron chi connectivity index (χ4n) is 4.30. The second-order valence-corrected chi connectivity index (χ2v) is 9.27. The molecule has 164 valence electrons. The smallest absolute Gasteiger partial charge is 0.270 e. The zero-order valence-corrected chi connectivity index (χ0v) is 18.7. The van der Waals surface area contributed by atoms with Gasteiger partial charge in [0.1, 0.15) is 17.7 Å². The maximum atomic E-state index is 12.9. The average molecular weight is 448 g/mol. The molecule has 0 radical (unpaired) electrons. The number of benzene rings is 1. The van der Waals surface area contributed by atoms with E-state index in [4.69, 9.17) is 4.42 Å². The minimum atomic E-state index is -0.482. The molecule has 0 bridgehead atoms. The summed E-state index contributed by atoms with van der Waals surface area (Å²) in [4.78, 5) is 21.9. The Morgan fingerprint density at radius 1 is 1.19 bits per heavy atom. The van der Waals surface area contributed by atoms with E-state index in [2.05, 4.69) is 27.4 Å². The molecule has 1 aliphatic carbocycles. The summed E-state index contributed by atoms with van der Waals surface area (Å²) in [5, 5.41) is 15.2. The van der Waals surface area contributed by atoms with E-state index in [0.717, 1.165) is 58.3 Å². The lowest BCUT2D eigenvalue weighted by molar-refractivity contribution is 0.0714. The van der Waals surface area contributed by atoms with Crippen LogP contribution in [0.3, 0.4) is 0 Å². The third-order valence-electron chi connectivity index (χ3n) is 6.03. The molecule has 0 saturated heterocycles. The SMILES string of the molecule is Cc1nc(-c2ccc(Cc3cc(C(=O)N[C@@H]4CCCC[C@H]4O)nc4ccsc34)cc2)co1. The highest BCUT2D eigenvalue weighted by atomic mass is 32.1. The molecule has 6 nitrogen and oxygen atoms in total. The molecule has 0 spiro atoms. The van der Waals surface area contributed by atoms with Crippen molar-refractivity contribution in [2.24, 2.45) is 0 Å². The van der Waals surface area contributed by atoms with Crippen LogP contribution in [-0.2, 0) is 6.42 Å². The predicted octanol–water partition coefficient (Wildman–Crippen LogP) is 4.88. The molecule has 1 saturated carbocycles. The molecular weight excluding hydrogens is 422 g/mol. The average Bonchev–Trinajstić information content (AvgIpc) is 3.45. The summed E-state index contributed by atoms with van der Waals surface area (Å²) < 4.78 is 6.40. The van der Waals surface area contributed by atoms with Crippen LogP contribution in [-0.4, -0.2) is 33.1 Å². The number of aliphatic hydroxyl groups excluding tert-OH is 1. The van der Waals surface area contributed by atoms with Gasteiger partial charge >= 0.3 is 0 Å². The summed E-state index contributed by atoms with van der Waals surface area (Å²) in [5.41, 5.74) is 5.28. The van der Waals surface area contributed by atoms with Crippen molar-refractivity contribution in [1.29, 1.82) is 0 Å². The lowest BCUT2D eigenvalue weighted by Gasteiger charge is -2.28. The Balaban J connectivity index is 1.39. The first-order chi connectivity index (χ1) is 15.6. The first-order valence-corrected chi connectivity index (χ1v) is 11.8. The summed E-state index contributed by atoms with van der Waals surface area (Å²) >= 11 is 1.64. The molecule has 1 aliphatic rings. The lowest BCUT2D eigenvalue weighted by atomic mass is 9.92. The van der Waals surface area contributed by atoms with Crippen LogP contribution < -0.4 is 5.32 Å². The van der Waals surface area contributed by atoms with E-state index in [0.29, 0.717) is 18.0 Å². The minimum absolute atomic E-state index is 0.201. The number of hydrogen-bond acceptors (Lipinski definition) is 6. The van der Waals surface area contributed by atoms with E-state index in [9.17, 15) is 9.90 Å². The molecule has 4 aromatic rings. The minimum Gasteiger partial charge on any atom is -0.449 e. The fraction of sp³-hybridized carbons (Fsp3) is 0.320. The van der Waals surface area contributed by atoms with Gasteiger partial charge in [-0.1, -0.05) is 37.1 Å². The molecular formula is C25H25N3O3S. The number of nitrogens with zero attached hydrogens (tertiary/aromatic N) is 2. The maximum Gasteiger partial charge on any atom is 0.270 e. The van der Waals surface area contributed by atoms with Crippen LogP contribution in [0.1, 0.15) is 53.2 Å². The quantitative estimate of drug-likeness (QED) is 0.455. The number of aromatic nitrogens is 2. The molecule has 2 atom stereocenters. The van der Waals surface area contributed by atoms with Gasteiger partial charge < -0.3 is 14.8 Å². The molecule has 7 heteroatoms. The first-order valence-electron chi connectivity index (χ1n) is 10.9. The summed E-state index contributed by atoms with van der Waals surface area (Å²) in [7, 11) is 0. The molecule has 0 unspecified atom stereocenters. The highest BCUT2D eigenvalue weighted by molar-refractivity contribution is 7.17. The van der Waals surface area contributed by atoms with Crippen LogP contribution >= 0.6 is 11.3 Å². The monoisotopic (exact) mass is 447 g/mol. The third kappa shape index (κ3) is 4.31. The molecule has 0 aliphatic heterocycles. The normalized spacial score (nSPS) is 18.7. The van der Waals surface area contributed by atoms with Crippen molar-refractivity contribution in [2.75, 3.05) is 0 Å². The number of fused-ring (bicyclic) bond motifs is 1. The fourth-order valence-corrected chi connectivity index (χ4v) is 5.15. The van der Waals surface area contributed by atoms with E-state index < -0.39 is 6.10 Å². The number of aryl methyl sites for hydroxylation is 1. The summed E-state index contributed by atoms with van der Waals surface area (Å²) in [6.45, 7) is 1.83. The van der Waals surface area contributed by atoms with Gasteiger partial charge in [0.15, 0.2) is 5.89 Å². The van der Waals surface area contributed by atoms with Gasteiger partial charge in [0.2, 0.25) is 0 Å². The topological polar surface area (TPSA) is 88.2 Å². The Bertz CT molecular complexity index is 1250. The Labute approximate surface area is 190 Å². The number of carbonyl (C=O) groups excluding carboxylic acids is 1. The Morgan fingerprint density at radius 3 is 2.75 bits per heavy atom. The molecule has 3 heterocycles. The number of thiophene rings is 1. The van der Waals surface area contributed by atoms with Crippen LogP contribution in [0.15, 0.2) is 52.5 Å². The summed E-state index contributed by atoms with van der Waals surface area (Å²) in [5.74, 6) is 0.426. The van der Waals surface area contributed by atoms with Crippen molar-refractivity contribution in [3.8, 4) is 11.3 Å². The Kier molecular flexibility index (Phi) is 5.76. The van der Waals surface area contributed by atoms with Crippen LogP contribution in [0, 0.1) is 6.92 Å². The molecule has 1 aromatic carbocycles. The van der Waals surface area contributed by atoms with Crippen LogP contribution in [0.2, 0.25) is 0 Å². The highest BCUT2D eigenvalue weighted by Crippen LogP contribution is 2.28. The number of pyridine rings is 1. The summed E-state index contributed by atoms with van der Waals surface area (Å²) in [6, 6.07) is 11.9. The number of oxazole rings is 1. The zero-order valence-electron chi connectivity index (χ0n) is 17.9. The van der Waals surface area contributed by atoms with E-state index in [-0.39, 0.29) is 11.9 Å². The van der Waals surface area contributed by atoms with Gasteiger partial charge in [-0.05, 0) is 47.9 Å². The number of carbonyl (C=O) groups is 1. The lowest BCUT2D eigenvalue weighted by Crippen LogP contribution is -2.45. The van der Waals surface area contributed by atoms with E-state index in [1.165, 1.54) is 0 Å². The number of amides is 1. The first kappa shape index (κ1) is 20.8. The van der Waals surface area contributed by atoms with Gasteiger partial charge in [-0.15, -0.1) is 11.3 Å². The van der Waals surface area contributed by atoms with Crippen molar-refractivity contribution in [3.63, 3.8) is 0 Å².